The highest BCUT2D eigenvalue weighted by molar-refractivity contribution is 6.31. The van der Waals surface area contributed by atoms with Crippen LogP contribution >= 0.6 is 11.6 Å². The van der Waals surface area contributed by atoms with Crippen LogP contribution in [-0.4, -0.2) is 42.1 Å². The Kier molecular flexibility index (Phi) is 6.30. The van der Waals surface area contributed by atoms with Gasteiger partial charge < -0.3 is 20.3 Å². The molecular formula is C16H24ClNO3. The SMILES string of the molecule is Cc1cc(OCC(O)CNC2CCCC2CO)ccc1Cl. The summed E-state index contributed by atoms with van der Waals surface area (Å²) in [5, 5.41) is 23.3. The van der Waals surface area contributed by atoms with Crippen LogP contribution in [0, 0.1) is 12.8 Å². The van der Waals surface area contributed by atoms with Crippen LogP contribution in [-0.2, 0) is 0 Å². The summed E-state index contributed by atoms with van der Waals surface area (Å²) in [5.74, 6) is 1.03. The number of rotatable bonds is 7. The molecule has 3 atom stereocenters. The molecule has 1 aliphatic rings. The first-order valence-corrected chi connectivity index (χ1v) is 7.89. The molecule has 4 nitrogen and oxygen atoms in total. The van der Waals surface area contributed by atoms with Gasteiger partial charge in [0.15, 0.2) is 0 Å². The third-order valence-corrected chi connectivity index (χ3v) is 4.51. The first-order chi connectivity index (χ1) is 10.1. The van der Waals surface area contributed by atoms with Crippen LogP contribution in [0.15, 0.2) is 18.2 Å². The average molecular weight is 314 g/mol. The zero-order chi connectivity index (χ0) is 15.2. The monoisotopic (exact) mass is 313 g/mol. The van der Waals surface area contributed by atoms with E-state index in [-0.39, 0.29) is 13.2 Å². The second kappa shape index (κ2) is 7.99. The van der Waals surface area contributed by atoms with Crippen LogP contribution in [0.25, 0.3) is 0 Å². The van der Waals surface area contributed by atoms with E-state index in [0.29, 0.717) is 29.3 Å². The predicted octanol–water partition coefficient (Wildman–Crippen LogP) is 2.14. The van der Waals surface area contributed by atoms with Gasteiger partial charge in [0.2, 0.25) is 0 Å². The maximum Gasteiger partial charge on any atom is 0.119 e. The number of aryl methyl sites for hydroxylation is 1. The molecule has 21 heavy (non-hydrogen) atoms. The Morgan fingerprint density at radius 1 is 1.43 bits per heavy atom. The fourth-order valence-corrected chi connectivity index (χ4v) is 2.89. The molecule has 0 radical (unpaired) electrons. The summed E-state index contributed by atoms with van der Waals surface area (Å²) in [4.78, 5) is 0. The minimum Gasteiger partial charge on any atom is -0.491 e. The van der Waals surface area contributed by atoms with E-state index in [2.05, 4.69) is 5.32 Å². The lowest BCUT2D eigenvalue weighted by atomic mass is 10.1. The number of nitrogens with one attached hydrogen (secondary N) is 1. The third kappa shape index (κ3) is 4.85. The molecule has 0 aliphatic heterocycles. The second-order valence-corrected chi connectivity index (χ2v) is 6.17. The van der Waals surface area contributed by atoms with Gasteiger partial charge in [0.1, 0.15) is 18.5 Å². The van der Waals surface area contributed by atoms with Gasteiger partial charge >= 0.3 is 0 Å². The molecule has 1 saturated carbocycles. The van der Waals surface area contributed by atoms with Gasteiger partial charge in [-0.25, -0.2) is 0 Å². The number of benzene rings is 1. The zero-order valence-corrected chi connectivity index (χ0v) is 13.1. The molecule has 0 aromatic heterocycles. The molecule has 0 amide bonds. The summed E-state index contributed by atoms with van der Waals surface area (Å²) >= 11 is 5.96. The highest BCUT2D eigenvalue weighted by Gasteiger charge is 2.26. The van der Waals surface area contributed by atoms with Crippen LogP contribution in [0.3, 0.4) is 0 Å². The summed E-state index contributed by atoms with van der Waals surface area (Å²) < 4.78 is 5.57. The first-order valence-electron chi connectivity index (χ1n) is 7.51. The van der Waals surface area contributed by atoms with Gasteiger partial charge in [-0.3, -0.25) is 0 Å². The fourth-order valence-electron chi connectivity index (χ4n) is 2.77. The van der Waals surface area contributed by atoms with Crippen LogP contribution in [0.5, 0.6) is 5.75 Å². The number of aliphatic hydroxyl groups is 2. The van der Waals surface area contributed by atoms with Gasteiger partial charge in [-0.15, -0.1) is 0 Å². The van der Waals surface area contributed by atoms with Crippen LogP contribution < -0.4 is 10.1 Å². The number of hydrogen-bond acceptors (Lipinski definition) is 4. The van der Waals surface area contributed by atoms with E-state index in [1.54, 1.807) is 12.1 Å². The van der Waals surface area contributed by atoms with Gasteiger partial charge in [-0.2, -0.15) is 0 Å². The van der Waals surface area contributed by atoms with E-state index in [1.807, 2.05) is 13.0 Å². The van der Waals surface area contributed by atoms with Crippen molar-refractivity contribution < 1.29 is 14.9 Å². The maximum atomic E-state index is 9.98. The van der Waals surface area contributed by atoms with Crippen molar-refractivity contribution in [1.29, 1.82) is 0 Å². The minimum atomic E-state index is -0.569. The first kappa shape index (κ1) is 16.6. The molecule has 0 spiro atoms. The van der Waals surface area contributed by atoms with Gasteiger partial charge in [-0.05, 0) is 49.4 Å². The van der Waals surface area contributed by atoms with E-state index in [4.69, 9.17) is 16.3 Å². The second-order valence-electron chi connectivity index (χ2n) is 5.76. The lowest BCUT2D eigenvalue weighted by Crippen LogP contribution is -2.40. The Balaban J connectivity index is 1.72. The van der Waals surface area contributed by atoms with Crippen LogP contribution in [0.4, 0.5) is 0 Å². The minimum absolute atomic E-state index is 0.217. The normalized spacial score (nSPS) is 23.2. The van der Waals surface area contributed by atoms with E-state index >= 15 is 0 Å². The van der Waals surface area contributed by atoms with Gasteiger partial charge in [0.25, 0.3) is 0 Å². The molecular weight excluding hydrogens is 290 g/mol. The Hall–Kier alpha value is -0.810. The maximum absolute atomic E-state index is 9.98. The van der Waals surface area contributed by atoms with Gasteiger partial charge in [0.05, 0.1) is 0 Å². The van der Waals surface area contributed by atoms with Crippen molar-refractivity contribution in [2.24, 2.45) is 5.92 Å². The Morgan fingerprint density at radius 2 is 2.24 bits per heavy atom. The Labute approximate surface area is 131 Å². The number of aliphatic hydroxyl groups excluding tert-OH is 2. The van der Waals surface area contributed by atoms with Crippen LogP contribution in [0.2, 0.25) is 5.02 Å². The standard InChI is InChI=1S/C16H24ClNO3/c1-11-7-14(5-6-15(11)17)21-10-13(20)8-18-16-4-2-3-12(16)9-19/h5-7,12-13,16,18-20H,2-4,8-10H2,1H3. The molecule has 3 unspecified atom stereocenters. The van der Waals surface area contributed by atoms with Crippen molar-refractivity contribution in [2.75, 3.05) is 19.8 Å². The van der Waals surface area contributed by atoms with E-state index < -0.39 is 6.10 Å². The lowest BCUT2D eigenvalue weighted by molar-refractivity contribution is 0.0992. The zero-order valence-electron chi connectivity index (χ0n) is 12.4. The number of hydrogen-bond donors (Lipinski definition) is 3. The smallest absolute Gasteiger partial charge is 0.119 e. The topological polar surface area (TPSA) is 61.7 Å². The van der Waals surface area contributed by atoms with Crippen LogP contribution in [0.1, 0.15) is 24.8 Å². The summed E-state index contributed by atoms with van der Waals surface area (Å²) in [6.45, 7) is 2.86. The predicted molar refractivity (Wildman–Crippen MR) is 83.9 cm³/mol. The van der Waals surface area contributed by atoms with Gasteiger partial charge in [-0.1, -0.05) is 18.0 Å². The molecule has 0 saturated heterocycles. The lowest BCUT2D eigenvalue weighted by Gasteiger charge is -2.21. The summed E-state index contributed by atoms with van der Waals surface area (Å²) in [7, 11) is 0. The molecule has 1 aliphatic carbocycles. The van der Waals surface area contributed by atoms with Crippen molar-refractivity contribution in [3.63, 3.8) is 0 Å². The van der Waals surface area contributed by atoms with Crippen molar-refractivity contribution in [2.45, 2.75) is 38.3 Å². The van der Waals surface area contributed by atoms with E-state index in [0.717, 1.165) is 24.8 Å². The Morgan fingerprint density at radius 3 is 2.95 bits per heavy atom. The largest absolute Gasteiger partial charge is 0.491 e. The molecule has 1 aromatic rings. The number of halogens is 1. The van der Waals surface area contributed by atoms with Crippen molar-refractivity contribution in [1.82, 2.24) is 5.32 Å². The van der Waals surface area contributed by atoms with E-state index in [9.17, 15) is 10.2 Å². The average Bonchev–Trinajstić information content (AvgIpc) is 2.94. The van der Waals surface area contributed by atoms with Crippen molar-refractivity contribution in [3.05, 3.63) is 28.8 Å². The highest BCUT2D eigenvalue weighted by atomic mass is 35.5. The van der Waals surface area contributed by atoms with Crippen molar-refractivity contribution in [3.8, 4) is 5.75 Å². The fraction of sp³-hybridized carbons (Fsp3) is 0.625. The summed E-state index contributed by atoms with van der Waals surface area (Å²) in [5.41, 5.74) is 0.957. The molecule has 1 aromatic carbocycles. The van der Waals surface area contributed by atoms with E-state index in [1.165, 1.54) is 0 Å². The third-order valence-electron chi connectivity index (χ3n) is 4.08. The van der Waals surface area contributed by atoms with Gasteiger partial charge in [0, 0.05) is 24.2 Å². The molecule has 5 heteroatoms. The quantitative estimate of drug-likeness (QED) is 0.722. The molecule has 1 fully saturated rings. The molecule has 2 rings (SSSR count). The molecule has 118 valence electrons. The summed E-state index contributed by atoms with van der Waals surface area (Å²) in [6, 6.07) is 5.76. The molecule has 0 bridgehead atoms. The Bertz CT molecular complexity index is 455. The molecule has 3 N–H and O–H groups in total. The highest BCUT2D eigenvalue weighted by Crippen LogP contribution is 2.25. The summed E-state index contributed by atoms with van der Waals surface area (Å²) in [6.07, 6.45) is 2.69. The van der Waals surface area contributed by atoms with Crippen molar-refractivity contribution >= 4 is 11.6 Å². The number of ether oxygens (including phenoxy) is 1. The molecule has 0 heterocycles.